The number of ketones is 1. The van der Waals surface area contributed by atoms with Crippen LogP contribution < -0.4 is 5.32 Å². The third-order valence-corrected chi connectivity index (χ3v) is 2.48. The highest BCUT2D eigenvalue weighted by Gasteiger charge is 2.31. The lowest BCUT2D eigenvalue weighted by atomic mass is 9.84. The number of carbonyl (C=O) groups excluding carboxylic acids is 2. The highest BCUT2D eigenvalue weighted by Crippen LogP contribution is 2.25. The standard InChI is InChI=1S/C14H19NO2.CH4/c1-10(16)15-12(13(17)14(2,3)4)11-8-6-5-7-9-11;/h5-9,12H,1-4H3,(H,15,16);1H4. The Balaban J connectivity index is 0.00000289. The lowest BCUT2D eigenvalue weighted by molar-refractivity contribution is -0.132. The first kappa shape index (κ1) is 16.4. The monoisotopic (exact) mass is 249 g/mol. The van der Waals surface area contributed by atoms with E-state index < -0.39 is 11.5 Å². The molecule has 100 valence electrons. The predicted molar refractivity (Wildman–Crippen MR) is 74.2 cm³/mol. The van der Waals surface area contributed by atoms with Crippen molar-refractivity contribution in [3.63, 3.8) is 0 Å². The lowest BCUT2D eigenvalue weighted by Crippen LogP contribution is -2.38. The van der Waals surface area contributed by atoms with Gasteiger partial charge in [0.25, 0.3) is 0 Å². The molecule has 1 atom stereocenters. The topological polar surface area (TPSA) is 46.2 Å². The smallest absolute Gasteiger partial charge is 0.217 e. The van der Waals surface area contributed by atoms with E-state index in [1.807, 2.05) is 51.1 Å². The Kier molecular flexibility index (Phi) is 5.76. The molecule has 1 amide bonds. The van der Waals surface area contributed by atoms with Crippen molar-refractivity contribution in [3.8, 4) is 0 Å². The molecular formula is C15H23NO2. The molecule has 0 radical (unpaired) electrons. The van der Waals surface area contributed by atoms with E-state index >= 15 is 0 Å². The van der Waals surface area contributed by atoms with Gasteiger partial charge in [0.15, 0.2) is 5.78 Å². The third-order valence-electron chi connectivity index (χ3n) is 2.48. The van der Waals surface area contributed by atoms with Gasteiger partial charge in [-0.15, -0.1) is 0 Å². The first-order valence-corrected chi connectivity index (χ1v) is 5.68. The number of benzene rings is 1. The summed E-state index contributed by atoms with van der Waals surface area (Å²) in [5, 5.41) is 2.71. The van der Waals surface area contributed by atoms with Crippen molar-refractivity contribution in [3.05, 3.63) is 35.9 Å². The zero-order valence-electron chi connectivity index (χ0n) is 10.8. The number of carbonyl (C=O) groups is 2. The molecule has 1 rings (SSSR count). The maximum absolute atomic E-state index is 12.3. The van der Waals surface area contributed by atoms with Crippen LogP contribution in [-0.4, -0.2) is 11.7 Å². The van der Waals surface area contributed by atoms with E-state index in [0.717, 1.165) is 5.56 Å². The number of rotatable bonds is 3. The van der Waals surface area contributed by atoms with Gasteiger partial charge in [-0.2, -0.15) is 0 Å². The van der Waals surface area contributed by atoms with Gasteiger partial charge in [-0.05, 0) is 5.56 Å². The fourth-order valence-electron chi connectivity index (χ4n) is 1.58. The lowest BCUT2D eigenvalue weighted by Gasteiger charge is -2.25. The fourth-order valence-corrected chi connectivity index (χ4v) is 1.58. The first-order chi connectivity index (χ1) is 7.82. The predicted octanol–water partition coefficient (Wildman–Crippen LogP) is 3.12. The molecule has 1 aromatic rings. The Morgan fingerprint density at radius 1 is 1.11 bits per heavy atom. The number of hydrogen-bond acceptors (Lipinski definition) is 2. The number of nitrogens with one attached hydrogen (secondary N) is 1. The number of Topliss-reactive ketones (excluding diaryl/α,β-unsaturated/α-hetero) is 1. The molecule has 1 aromatic carbocycles. The molecule has 0 aliphatic heterocycles. The summed E-state index contributed by atoms with van der Waals surface area (Å²) in [5.41, 5.74) is 0.339. The number of amides is 1. The molecule has 0 aliphatic rings. The Morgan fingerprint density at radius 2 is 1.61 bits per heavy atom. The fraction of sp³-hybridized carbons (Fsp3) is 0.467. The highest BCUT2D eigenvalue weighted by atomic mass is 16.2. The maximum atomic E-state index is 12.3. The van der Waals surface area contributed by atoms with Crippen LogP contribution in [0.15, 0.2) is 30.3 Å². The van der Waals surface area contributed by atoms with Gasteiger partial charge >= 0.3 is 0 Å². The van der Waals surface area contributed by atoms with Crippen molar-refractivity contribution in [1.82, 2.24) is 5.32 Å². The molecule has 0 spiro atoms. The van der Waals surface area contributed by atoms with Crippen LogP contribution in [-0.2, 0) is 9.59 Å². The van der Waals surface area contributed by atoms with Crippen molar-refractivity contribution in [2.45, 2.75) is 41.2 Å². The van der Waals surface area contributed by atoms with Gasteiger partial charge in [-0.25, -0.2) is 0 Å². The van der Waals surface area contributed by atoms with Crippen molar-refractivity contribution in [2.75, 3.05) is 0 Å². The summed E-state index contributed by atoms with van der Waals surface area (Å²) in [7, 11) is 0. The van der Waals surface area contributed by atoms with Crippen molar-refractivity contribution in [2.24, 2.45) is 5.41 Å². The summed E-state index contributed by atoms with van der Waals surface area (Å²) >= 11 is 0. The quantitative estimate of drug-likeness (QED) is 0.894. The van der Waals surface area contributed by atoms with Crippen LogP contribution in [0.3, 0.4) is 0 Å². The SMILES string of the molecule is C.CC(=O)NC(C(=O)C(C)(C)C)c1ccccc1. The van der Waals surface area contributed by atoms with Gasteiger partial charge in [0.2, 0.25) is 5.91 Å². The van der Waals surface area contributed by atoms with Crippen molar-refractivity contribution < 1.29 is 9.59 Å². The zero-order valence-corrected chi connectivity index (χ0v) is 10.8. The summed E-state index contributed by atoms with van der Waals surface area (Å²) in [6.07, 6.45) is 0. The van der Waals surface area contributed by atoms with E-state index in [2.05, 4.69) is 5.32 Å². The van der Waals surface area contributed by atoms with Gasteiger partial charge < -0.3 is 5.32 Å². The second kappa shape index (κ2) is 6.34. The van der Waals surface area contributed by atoms with Gasteiger partial charge in [0.05, 0.1) is 0 Å². The van der Waals surface area contributed by atoms with Gasteiger partial charge in [0, 0.05) is 12.3 Å². The van der Waals surface area contributed by atoms with E-state index in [1.54, 1.807) is 0 Å². The largest absolute Gasteiger partial charge is 0.342 e. The molecule has 0 saturated carbocycles. The van der Waals surface area contributed by atoms with Crippen LogP contribution in [0.25, 0.3) is 0 Å². The zero-order chi connectivity index (χ0) is 13.1. The third kappa shape index (κ3) is 4.32. The highest BCUT2D eigenvalue weighted by molar-refractivity contribution is 5.92. The average molecular weight is 249 g/mol. The minimum absolute atomic E-state index is 0. The van der Waals surface area contributed by atoms with Crippen molar-refractivity contribution >= 4 is 11.7 Å². The summed E-state index contributed by atoms with van der Waals surface area (Å²) in [6.45, 7) is 6.99. The molecule has 3 nitrogen and oxygen atoms in total. The summed E-state index contributed by atoms with van der Waals surface area (Å²) in [5.74, 6) is -0.185. The van der Waals surface area contributed by atoms with E-state index in [0.29, 0.717) is 0 Å². The minimum Gasteiger partial charge on any atom is -0.342 e. The van der Waals surface area contributed by atoms with Crippen LogP contribution in [0, 0.1) is 5.41 Å². The Morgan fingerprint density at radius 3 is 2.00 bits per heavy atom. The van der Waals surface area contributed by atoms with Gasteiger partial charge in [-0.3, -0.25) is 9.59 Å². The summed E-state index contributed by atoms with van der Waals surface area (Å²) in [4.78, 5) is 23.5. The van der Waals surface area contributed by atoms with E-state index in [9.17, 15) is 9.59 Å². The minimum atomic E-state index is -0.561. The van der Waals surface area contributed by atoms with Gasteiger partial charge in [-0.1, -0.05) is 58.5 Å². The van der Waals surface area contributed by atoms with Crippen LogP contribution in [0.1, 0.15) is 46.7 Å². The molecule has 0 fully saturated rings. The molecular weight excluding hydrogens is 226 g/mol. The molecule has 0 aromatic heterocycles. The molecule has 1 N–H and O–H groups in total. The second-order valence-corrected chi connectivity index (χ2v) is 5.16. The summed E-state index contributed by atoms with van der Waals surface area (Å²) < 4.78 is 0. The molecule has 0 aliphatic carbocycles. The van der Waals surface area contributed by atoms with E-state index in [-0.39, 0.29) is 19.1 Å². The second-order valence-electron chi connectivity index (χ2n) is 5.16. The molecule has 1 unspecified atom stereocenters. The number of hydrogen-bond donors (Lipinski definition) is 1. The van der Waals surface area contributed by atoms with Crippen molar-refractivity contribution in [1.29, 1.82) is 0 Å². The van der Waals surface area contributed by atoms with E-state index in [4.69, 9.17) is 0 Å². The normalized spacial score (nSPS) is 12.2. The van der Waals surface area contributed by atoms with Crippen LogP contribution in [0.4, 0.5) is 0 Å². The average Bonchev–Trinajstić information content (AvgIpc) is 2.24. The molecule has 0 saturated heterocycles. The van der Waals surface area contributed by atoms with E-state index in [1.165, 1.54) is 6.92 Å². The Labute approximate surface area is 110 Å². The first-order valence-electron chi connectivity index (χ1n) is 5.68. The Bertz CT molecular complexity index is 404. The Hall–Kier alpha value is -1.64. The van der Waals surface area contributed by atoms with Crippen LogP contribution in [0.2, 0.25) is 0 Å². The molecule has 18 heavy (non-hydrogen) atoms. The maximum Gasteiger partial charge on any atom is 0.217 e. The van der Waals surface area contributed by atoms with Gasteiger partial charge in [0.1, 0.15) is 6.04 Å². The summed E-state index contributed by atoms with van der Waals surface area (Å²) in [6, 6.07) is 8.75. The van der Waals surface area contributed by atoms with Crippen LogP contribution in [0.5, 0.6) is 0 Å². The van der Waals surface area contributed by atoms with Crippen LogP contribution >= 0.6 is 0 Å². The molecule has 0 heterocycles. The molecule has 3 heteroatoms. The molecule has 0 bridgehead atoms.